The van der Waals surface area contributed by atoms with E-state index in [1.165, 1.54) is 6.07 Å². The van der Waals surface area contributed by atoms with Gasteiger partial charge >= 0.3 is 5.69 Å². The van der Waals surface area contributed by atoms with E-state index in [9.17, 15) is 18.4 Å². The molecule has 1 aromatic carbocycles. The molecule has 3 N–H and O–H groups in total. The highest BCUT2D eigenvalue weighted by atomic mass is 19.2. The van der Waals surface area contributed by atoms with Crippen LogP contribution in [0.4, 0.5) is 8.78 Å². The molecule has 4 rings (SSSR count). The van der Waals surface area contributed by atoms with Crippen molar-refractivity contribution in [3.05, 3.63) is 80.0 Å². The topological polar surface area (TPSA) is 112 Å². The second-order valence-corrected chi connectivity index (χ2v) is 6.46. The first-order chi connectivity index (χ1) is 13.5. The summed E-state index contributed by atoms with van der Waals surface area (Å²) in [6.07, 6.45) is 5.63. The van der Waals surface area contributed by atoms with Crippen molar-refractivity contribution in [2.75, 3.05) is 0 Å². The van der Waals surface area contributed by atoms with Crippen LogP contribution in [0.2, 0.25) is 0 Å². The van der Waals surface area contributed by atoms with E-state index in [2.05, 4.69) is 25.0 Å². The second kappa shape index (κ2) is 7.22. The van der Waals surface area contributed by atoms with Gasteiger partial charge in [0.15, 0.2) is 17.3 Å². The zero-order chi connectivity index (χ0) is 19.7. The summed E-state index contributed by atoms with van der Waals surface area (Å²) in [5.41, 5.74) is 0.997. The first-order valence-corrected chi connectivity index (χ1v) is 8.64. The molecule has 0 spiro atoms. The Kier molecular flexibility index (Phi) is 4.60. The van der Waals surface area contributed by atoms with Crippen LogP contribution < -0.4 is 11.2 Å². The third-order valence-corrected chi connectivity index (χ3v) is 4.33. The molecule has 0 bridgehead atoms. The van der Waals surface area contributed by atoms with Crippen LogP contribution in [0.25, 0.3) is 11.2 Å². The maximum absolute atomic E-state index is 13.3. The summed E-state index contributed by atoms with van der Waals surface area (Å²) in [7, 11) is 0. The largest absolute Gasteiger partial charge is 0.336 e. The third-order valence-electron chi connectivity index (χ3n) is 4.33. The highest BCUT2D eigenvalue weighted by Crippen LogP contribution is 2.12. The molecule has 0 amide bonds. The zero-order valence-electron chi connectivity index (χ0n) is 14.6. The fourth-order valence-corrected chi connectivity index (χ4v) is 3.01. The van der Waals surface area contributed by atoms with Crippen LogP contribution in [0.5, 0.6) is 0 Å². The lowest BCUT2D eigenvalue weighted by Gasteiger charge is -2.02. The monoisotopic (exact) mass is 386 g/mol. The molecule has 3 heterocycles. The minimum Gasteiger partial charge on any atom is -0.336 e. The number of fused-ring (bicyclic) bond motifs is 1. The normalized spacial score (nSPS) is 11.4. The van der Waals surface area contributed by atoms with Crippen LogP contribution in [0.1, 0.15) is 23.4 Å². The summed E-state index contributed by atoms with van der Waals surface area (Å²) in [6, 6.07) is 3.78. The number of halogens is 2. The van der Waals surface area contributed by atoms with Crippen molar-refractivity contribution in [1.29, 1.82) is 0 Å². The number of H-pyrrole nitrogens is 3. The summed E-state index contributed by atoms with van der Waals surface area (Å²) < 4.78 is 27.9. The van der Waals surface area contributed by atoms with Crippen LogP contribution >= 0.6 is 0 Å². The van der Waals surface area contributed by atoms with E-state index >= 15 is 0 Å². The Bertz CT molecular complexity index is 1250. The summed E-state index contributed by atoms with van der Waals surface area (Å²) in [5, 5.41) is 4.24. The predicted molar refractivity (Wildman–Crippen MR) is 97.0 cm³/mol. The lowest BCUT2D eigenvalue weighted by atomic mass is 10.1. The van der Waals surface area contributed by atoms with Gasteiger partial charge in [0.2, 0.25) is 0 Å². The highest BCUT2D eigenvalue weighted by Gasteiger charge is 2.08. The second-order valence-electron chi connectivity index (χ2n) is 6.46. The molecule has 0 aliphatic heterocycles. The van der Waals surface area contributed by atoms with Gasteiger partial charge in [-0.1, -0.05) is 6.07 Å². The first kappa shape index (κ1) is 17.8. The molecule has 10 heteroatoms. The molecule has 28 heavy (non-hydrogen) atoms. The van der Waals surface area contributed by atoms with Gasteiger partial charge in [0.05, 0.1) is 12.7 Å². The lowest BCUT2D eigenvalue weighted by Crippen LogP contribution is -2.21. The Balaban J connectivity index is 1.37. The molecule has 0 fully saturated rings. The van der Waals surface area contributed by atoms with E-state index < -0.39 is 22.9 Å². The van der Waals surface area contributed by atoms with Crippen molar-refractivity contribution in [1.82, 2.24) is 29.7 Å². The van der Waals surface area contributed by atoms with Gasteiger partial charge < -0.3 is 4.98 Å². The van der Waals surface area contributed by atoms with Gasteiger partial charge in [-0.2, -0.15) is 5.10 Å². The molecule has 0 aliphatic carbocycles. The number of aromatic nitrogens is 6. The van der Waals surface area contributed by atoms with Crippen LogP contribution in [-0.2, 0) is 19.4 Å². The molecule has 0 unspecified atom stereocenters. The number of imidazole rings is 1. The quantitative estimate of drug-likeness (QED) is 0.468. The van der Waals surface area contributed by atoms with Crippen LogP contribution in [0.15, 0.2) is 40.2 Å². The van der Waals surface area contributed by atoms with Gasteiger partial charge in [-0.3, -0.25) is 19.4 Å². The third kappa shape index (κ3) is 3.75. The van der Waals surface area contributed by atoms with E-state index in [4.69, 9.17) is 0 Å². The standard InChI is InChI=1S/C18H16F2N6O2/c19-12-5-4-10(6-13(12)20)8-26-9-11(7-21-26)2-1-3-14-22-15-16(23-14)24-18(28)25-17(15)27/h4-7,9H,1-3,8H2,(H3,22,23,24,25,27,28). The van der Waals surface area contributed by atoms with Crippen molar-refractivity contribution in [2.24, 2.45) is 0 Å². The van der Waals surface area contributed by atoms with Crippen LogP contribution in [0.3, 0.4) is 0 Å². The molecular weight excluding hydrogens is 370 g/mol. The summed E-state index contributed by atoms with van der Waals surface area (Å²) in [4.78, 5) is 34.7. The average molecular weight is 386 g/mol. The number of aromatic amines is 3. The zero-order valence-corrected chi connectivity index (χ0v) is 14.6. The predicted octanol–water partition coefficient (Wildman–Crippen LogP) is 1.64. The number of nitrogens with one attached hydrogen (secondary N) is 3. The summed E-state index contributed by atoms with van der Waals surface area (Å²) in [6.45, 7) is 0.344. The number of benzene rings is 1. The number of aryl methyl sites for hydroxylation is 2. The SMILES string of the molecule is O=c1[nH]c(=O)c2[nH]c(CCCc3cnn(Cc4ccc(F)c(F)c4)c3)nc2[nH]1. The maximum Gasteiger partial charge on any atom is 0.327 e. The van der Waals surface area contributed by atoms with Gasteiger partial charge in [-0.05, 0) is 36.1 Å². The van der Waals surface area contributed by atoms with Crippen LogP contribution in [0, 0.1) is 11.6 Å². The fraction of sp³-hybridized carbons (Fsp3) is 0.222. The van der Waals surface area contributed by atoms with Crippen molar-refractivity contribution in [3.8, 4) is 0 Å². The lowest BCUT2D eigenvalue weighted by molar-refractivity contribution is 0.506. The van der Waals surface area contributed by atoms with Crippen molar-refractivity contribution in [3.63, 3.8) is 0 Å². The first-order valence-electron chi connectivity index (χ1n) is 8.64. The molecule has 0 radical (unpaired) electrons. The van der Waals surface area contributed by atoms with E-state index in [-0.39, 0.29) is 11.2 Å². The van der Waals surface area contributed by atoms with Gasteiger partial charge in [0.25, 0.3) is 5.56 Å². The molecule has 3 aromatic heterocycles. The number of rotatable bonds is 6. The minimum absolute atomic E-state index is 0.239. The summed E-state index contributed by atoms with van der Waals surface area (Å²) >= 11 is 0. The molecule has 0 saturated carbocycles. The van der Waals surface area contributed by atoms with E-state index in [1.54, 1.807) is 10.9 Å². The Morgan fingerprint density at radius 3 is 2.68 bits per heavy atom. The van der Waals surface area contributed by atoms with Crippen molar-refractivity contribution >= 4 is 11.2 Å². The van der Waals surface area contributed by atoms with E-state index in [0.29, 0.717) is 24.4 Å². The summed E-state index contributed by atoms with van der Waals surface area (Å²) in [5.74, 6) is -1.14. The van der Waals surface area contributed by atoms with Crippen molar-refractivity contribution < 1.29 is 8.78 Å². The Hall–Kier alpha value is -3.56. The van der Waals surface area contributed by atoms with Gasteiger partial charge in [0, 0.05) is 12.6 Å². The molecule has 0 saturated heterocycles. The highest BCUT2D eigenvalue weighted by molar-refractivity contribution is 5.68. The minimum atomic E-state index is -0.879. The molecule has 0 aliphatic rings. The van der Waals surface area contributed by atoms with Gasteiger partial charge in [-0.25, -0.2) is 18.6 Å². The molecule has 8 nitrogen and oxygen atoms in total. The fourth-order valence-electron chi connectivity index (χ4n) is 3.01. The smallest absolute Gasteiger partial charge is 0.327 e. The van der Waals surface area contributed by atoms with Gasteiger partial charge in [0.1, 0.15) is 11.3 Å². The molecule has 0 atom stereocenters. The number of hydrogen-bond acceptors (Lipinski definition) is 4. The molecule has 4 aromatic rings. The van der Waals surface area contributed by atoms with Gasteiger partial charge in [-0.15, -0.1) is 0 Å². The molecular formula is C18H16F2N6O2. The van der Waals surface area contributed by atoms with Crippen LogP contribution in [-0.4, -0.2) is 29.7 Å². The Morgan fingerprint density at radius 2 is 1.86 bits per heavy atom. The maximum atomic E-state index is 13.3. The number of nitrogens with zero attached hydrogens (tertiary/aromatic N) is 3. The van der Waals surface area contributed by atoms with Crippen molar-refractivity contribution in [2.45, 2.75) is 25.8 Å². The Labute approximate surface area is 156 Å². The average Bonchev–Trinajstić information content (AvgIpc) is 3.25. The Morgan fingerprint density at radius 1 is 1.00 bits per heavy atom. The van der Waals surface area contributed by atoms with E-state index in [1.807, 2.05) is 6.20 Å². The molecule has 144 valence electrons. The number of hydrogen-bond donors (Lipinski definition) is 3. The van der Waals surface area contributed by atoms with E-state index in [0.717, 1.165) is 30.5 Å².